The van der Waals surface area contributed by atoms with Gasteiger partial charge in [-0.1, -0.05) is 0 Å². The van der Waals surface area contributed by atoms with E-state index in [9.17, 15) is 9.18 Å². The van der Waals surface area contributed by atoms with Gasteiger partial charge in [0.25, 0.3) is 5.91 Å². The van der Waals surface area contributed by atoms with Gasteiger partial charge in [0.1, 0.15) is 5.52 Å². The molecule has 0 radical (unpaired) electrons. The van der Waals surface area contributed by atoms with E-state index in [0.29, 0.717) is 34.5 Å². The number of halogens is 1. The summed E-state index contributed by atoms with van der Waals surface area (Å²) in [6.07, 6.45) is 7.39. The van der Waals surface area contributed by atoms with Gasteiger partial charge in [0.2, 0.25) is 0 Å². The van der Waals surface area contributed by atoms with Gasteiger partial charge in [-0.15, -0.1) is 5.10 Å². The van der Waals surface area contributed by atoms with Crippen LogP contribution in [0, 0.1) is 12.7 Å². The highest BCUT2D eigenvalue weighted by Crippen LogP contribution is 2.32. The third kappa shape index (κ3) is 3.16. The van der Waals surface area contributed by atoms with Crippen LogP contribution in [0.1, 0.15) is 28.9 Å². The molecular weight excluding hydrogens is 409 g/mol. The number of carbonyl (C=O) groups excluding carboxylic acids is 1. The fourth-order valence-electron chi connectivity index (χ4n) is 4.97. The standard InChI is InChI=1S/C23H22FN7O/c1-13-9-31-12-16(8-19(24)22(31)26-13)28-23(32)18-4-5-20(17-6-7-25-29-21(17)18)30-10-14-2-3-15(11-30)27-14/h4-9,12,14-15,27H,2-3,10-11H2,1H3,(H,28,32)/t14-,15+. The molecule has 6 rings (SSSR count). The number of rotatable bonds is 3. The molecule has 2 aliphatic heterocycles. The molecule has 0 saturated carbocycles. The van der Waals surface area contributed by atoms with E-state index in [1.54, 1.807) is 36.0 Å². The predicted octanol–water partition coefficient (Wildman–Crippen LogP) is 2.92. The Labute approximate surface area is 183 Å². The second-order valence-electron chi connectivity index (χ2n) is 8.61. The van der Waals surface area contributed by atoms with Gasteiger partial charge >= 0.3 is 0 Å². The molecule has 0 unspecified atom stereocenters. The second-order valence-corrected chi connectivity index (χ2v) is 8.61. The smallest absolute Gasteiger partial charge is 0.257 e. The van der Waals surface area contributed by atoms with Gasteiger partial charge in [-0.25, -0.2) is 9.37 Å². The highest BCUT2D eigenvalue weighted by Gasteiger charge is 2.33. The Bertz CT molecular complexity index is 1360. The minimum Gasteiger partial charge on any atom is -0.368 e. The molecule has 8 nitrogen and oxygen atoms in total. The van der Waals surface area contributed by atoms with E-state index in [1.165, 1.54) is 18.9 Å². The number of anilines is 2. The maximum absolute atomic E-state index is 14.4. The van der Waals surface area contributed by atoms with Crippen LogP contribution < -0.4 is 15.5 Å². The third-order valence-electron chi connectivity index (χ3n) is 6.35. The summed E-state index contributed by atoms with van der Waals surface area (Å²) in [4.78, 5) is 19.7. The molecule has 2 fully saturated rings. The lowest BCUT2D eigenvalue weighted by atomic mass is 10.1. The topological polar surface area (TPSA) is 87.5 Å². The van der Waals surface area contributed by atoms with E-state index in [0.717, 1.165) is 24.2 Å². The number of piperazine rings is 1. The van der Waals surface area contributed by atoms with Gasteiger partial charge in [0, 0.05) is 54.7 Å². The SMILES string of the molecule is Cc1cn2cc(NC(=O)c3ccc(N4C[C@H]5CC[C@@H](C4)N5)c4ccnnc34)cc(F)c2n1. The van der Waals surface area contributed by atoms with Gasteiger partial charge in [0.05, 0.1) is 23.1 Å². The van der Waals surface area contributed by atoms with Crippen LogP contribution in [0.25, 0.3) is 16.6 Å². The third-order valence-corrected chi connectivity index (χ3v) is 6.35. The molecular formula is C23H22FN7O. The number of imidazole rings is 1. The number of fused-ring (bicyclic) bond motifs is 4. The number of nitrogens with one attached hydrogen (secondary N) is 2. The highest BCUT2D eigenvalue weighted by molar-refractivity contribution is 6.13. The molecule has 5 heterocycles. The summed E-state index contributed by atoms with van der Waals surface area (Å²) in [5.41, 5.74) is 3.27. The van der Waals surface area contributed by atoms with Crippen LogP contribution in [0.2, 0.25) is 0 Å². The summed E-state index contributed by atoms with van der Waals surface area (Å²) in [5, 5.41) is 15.6. The zero-order valence-electron chi connectivity index (χ0n) is 17.5. The van der Waals surface area contributed by atoms with Crippen molar-refractivity contribution in [3.8, 4) is 0 Å². The minimum atomic E-state index is -0.496. The quantitative estimate of drug-likeness (QED) is 0.519. The summed E-state index contributed by atoms with van der Waals surface area (Å²) in [6.45, 7) is 3.66. The molecule has 0 aliphatic carbocycles. The van der Waals surface area contributed by atoms with Crippen LogP contribution >= 0.6 is 0 Å². The summed E-state index contributed by atoms with van der Waals surface area (Å²) >= 11 is 0. The van der Waals surface area contributed by atoms with Crippen LogP contribution in [0.15, 0.2) is 42.9 Å². The van der Waals surface area contributed by atoms with Crippen molar-refractivity contribution in [3.63, 3.8) is 0 Å². The first-order valence-electron chi connectivity index (χ1n) is 10.8. The normalized spacial score (nSPS) is 20.2. The minimum absolute atomic E-state index is 0.228. The molecule has 162 valence electrons. The Hall–Kier alpha value is -3.59. The zero-order valence-corrected chi connectivity index (χ0v) is 17.5. The van der Waals surface area contributed by atoms with Gasteiger partial charge in [-0.05, 0) is 38.0 Å². The Morgan fingerprint density at radius 1 is 1.19 bits per heavy atom. The maximum atomic E-state index is 14.4. The summed E-state index contributed by atoms with van der Waals surface area (Å²) in [5.74, 6) is -0.859. The Balaban J connectivity index is 1.35. The van der Waals surface area contributed by atoms with Gasteiger partial charge in [-0.2, -0.15) is 5.10 Å². The van der Waals surface area contributed by atoms with Crippen LogP contribution in [-0.4, -0.2) is 50.7 Å². The molecule has 2 saturated heterocycles. The molecule has 4 aromatic rings. The molecule has 3 aromatic heterocycles. The Morgan fingerprint density at radius 3 is 2.81 bits per heavy atom. The van der Waals surface area contributed by atoms with Crippen molar-refractivity contribution >= 4 is 33.8 Å². The molecule has 2 aliphatic rings. The van der Waals surface area contributed by atoms with Crippen molar-refractivity contribution in [1.29, 1.82) is 0 Å². The largest absolute Gasteiger partial charge is 0.368 e. The number of hydrogen-bond donors (Lipinski definition) is 2. The molecule has 1 aromatic carbocycles. The van der Waals surface area contributed by atoms with Gasteiger partial charge < -0.3 is 19.9 Å². The molecule has 2 atom stereocenters. The van der Waals surface area contributed by atoms with Crippen LogP contribution in [0.5, 0.6) is 0 Å². The number of amides is 1. The number of carbonyl (C=O) groups is 1. The summed E-state index contributed by atoms with van der Waals surface area (Å²) in [7, 11) is 0. The lowest BCUT2D eigenvalue weighted by Gasteiger charge is -2.35. The van der Waals surface area contributed by atoms with Crippen molar-refractivity contribution < 1.29 is 9.18 Å². The lowest BCUT2D eigenvalue weighted by molar-refractivity contribution is 0.102. The predicted molar refractivity (Wildman–Crippen MR) is 120 cm³/mol. The van der Waals surface area contributed by atoms with E-state index in [2.05, 4.69) is 30.7 Å². The average molecular weight is 431 g/mol. The number of aryl methyl sites for hydroxylation is 1. The molecule has 2 N–H and O–H groups in total. The zero-order chi connectivity index (χ0) is 21.8. The number of aromatic nitrogens is 4. The maximum Gasteiger partial charge on any atom is 0.257 e. The first-order chi connectivity index (χ1) is 15.5. The van der Waals surface area contributed by atoms with Crippen molar-refractivity contribution in [3.05, 3.63) is 59.9 Å². The number of nitrogens with zero attached hydrogens (tertiary/aromatic N) is 5. The monoisotopic (exact) mass is 431 g/mol. The Kier molecular flexibility index (Phi) is 4.32. The van der Waals surface area contributed by atoms with Crippen molar-refractivity contribution in [2.45, 2.75) is 31.8 Å². The van der Waals surface area contributed by atoms with E-state index in [1.807, 2.05) is 12.1 Å². The van der Waals surface area contributed by atoms with Gasteiger partial charge in [-0.3, -0.25) is 4.79 Å². The van der Waals surface area contributed by atoms with Crippen molar-refractivity contribution in [2.24, 2.45) is 0 Å². The summed E-state index contributed by atoms with van der Waals surface area (Å²) < 4.78 is 16.0. The molecule has 2 bridgehead atoms. The Morgan fingerprint density at radius 2 is 2.00 bits per heavy atom. The first-order valence-corrected chi connectivity index (χ1v) is 10.8. The fourth-order valence-corrected chi connectivity index (χ4v) is 4.97. The number of benzene rings is 1. The highest BCUT2D eigenvalue weighted by atomic mass is 19.1. The van der Waals surface area contributed by atoms with Crippen LogP contribution in [-0.2, 0) is 0 Å². The fraction of sp³-hybridized carbons (Fsp3) is 0.304. The summed E-state index contributed by atoms with van der Waals surface area (Å²) in [6, 6.07) is 7.93. The average Bonchev–Trinajstić information content (AvgIpc) is 3.33. The van der Waals surface area contributed by atoms with E-state index in [-0.39, 0.29) is 11.6 Å². The van der Waals surface area contributed by atoms with Gasteiger partial charge in [0.15, 0.2) is 11.5 Å². The molecule has 9 heteroatoms. The molecule has 32 heavy (non-hydrogen) atoms. The van der Waals surface area contributed by atoms with Crippen LogP contribution in [0.3, 0.4) is 0 Å². The lowest BCUT2D eigenvalue weighted by Crippen LogP contribution is -2.51. The first kappa shape index (κ1) is 19.1. The van der Waals surface area contributed by atoms with Crippen molar-refractivity contribution in [1.82, 2.24) is 24.9 Å². The number of pyridine rings is 1. The second kappa shape index (κ2) is 7.23. The van der Waals surface area contributed by atoms with E-state index >= 15 is 0 Å². The number of hydrogen-bond acceptors (Lipinski definition) is 6. The molecule has 0 spiro atoms. The van der Waals surface area contributed by atoms with E-state index < -0.39 is 5.82 Å². The van der Waals surface area contributed by atoms with Crippen LogP contribution in [0.4, 0.5) is 15.8 Å². The van der Waals surface area contributed by atoms with E-state index in [4.69, 9.17) is 0 Å². The van der Waals surface area contributed by atoms with Crippen molar-refractivity contribution in [2.75, 3.05) is 23.3 Å². The molecule has 1 amide bonds.